The van der Waals surface area contributed by atoms with Gasteiger partial charge >= 0.3 is 0 Å². The number of nitrogens with one attached hydrogen (secondary N) is 1. The molecule has 2 nitrogen and oxygen atoms in total. The van der Waals surface area contributed by atoms with Crippen molar-refractivity contribution in [2.75, 3.05) is 0 Å². The van der Waals surface area contributed by atoms with Crippen LogP contribution < -0.4 is 5.32 Å². The molecule has 0 spiro atoms. The van der Waals surface area contributed by atoms with E-state index in [4.69, 9.17) is 4.42 Å². The van der Waals surface area contributed by atoms with Gasteiger partial charge in [0.2, 0.25) is 0 Å². The molecule has 0 aliphatic carbocycles. The molecule has 128 valence electrons. The van der Waals surface area contributed by atoms with Crippen molar-refractivity contribution in [1.82, 2.24) is 5.32 Å². The third kappa shape index (κ3) is 5.18. The molecule has 0 radical (unpaired) electrons. The predicted molar refractivity (Wildman–Crippen MR) is 106 cm³/mol. The van der Waals surface area contributed by atoms with Crippen LogP contribution in [0.15, 0.2) is 41.0 Å². The van der Waals surface area contributed by atoms with Crippen LogP contribution in [0.4, 0.5) is 0 Å². The first-order valence-corrected chi connectivity index (χ1v) is 9.04. The minimum absolute atomic E-state index is 0.705. The fourth-order valence-corrected chi connectivity index (χ4v) is 3.61. The summed E-state index contributed by atoms with van der Waals surface area (Å²) in [5.41, 5.74) is 3.98. The number of rotatable bonds is 7. The van der Waals surface area contributed by atoms with E-state index in [-0.39, 0.29) is 0 Å². The minimum atomic E-state index is 0.705. The number of thiophene rings is 1. The van der Waals surface area contributed by atoms with Crippen LogP contribution in [-0.4, -0.2) is 0 Å². The smallest absolute Gasteiger partial charge is 0.122 e. The summed E-state index contributed by atoms with van der Waals surface area (Å²) in [5, 5.41) is 3.53. The standard InChI is InChI=1S/C19H25NOS.C2H2/c1-5-7-8-11-17(20-13-16-10-9-12-21-16)19-15(4)14(3)18(6-2)22-19;1-2/h7-12,20H,5-6,13H2,1-4H3;1-2H/b8-7+,17-11+;. The fourth-order valence-electron chi connectivity index (χ4n) is 2.36. The highest BCUT2D eigenvalue weighted by molar-refractivity contribution is 7.13. The van der Waals surface area contributed by atoms with Gasteiger partial charge in [0.1, 0.15) is 5.76 Å². The zero-order chi connectivity index (χ0) is 17.9. The van der Waals surface area contributed by atoms with Crippen molar-refractivity contribution in [1.29, 1.82) is 0 Å². The number of hydrogen-bond donors (Lipinski definition) is 1. The molecule has 0 atom stereocenters. The van der Waals surface area contributed by atoms with E-state index in [1.165, 1.54) is 26.6 Å². The van der Waals surface area contributed by atoms with Gasteiger partial charge in [-0.2, -0.15) is 0 Å². The number of aryl methyl sites for hydroxylation is 1. The molecule has 0 fully saturated rings. The second kappa shape index (κ2) is 10.6. The third-order valence-electron chi connectivity index (χ3n) is 3.78. The van der Waals surface area contributed by atoms with E-state index >= 15 is 0 Å². The lowest BCUT2D eigenvalue weighted by molar-refractivity contribution is 0.501. The highest BCUT2D eigenvalue weighted by Crippen LogP contribution is 2.32. The summed E-state index contributed by atoms with van der Waals surface area (Å²) < 4.78 is 5.42. The Kier molecular flexibility index (Phi) is 8.75. The average molecular weight is 342 g/mol. The van der Waals surface area contributed by atoms with Crippen LogP contribution in [0.1, 0.15) is 46.9 Å². The van der Waals surface area contributed by atoms with Crippen LogP contribution in [0.2, 0.25) is 0 Å². The Balaban J connectivity index is 0.00000139. The summed E-state index contributed by atoms with van der Waals surface area (Å²) in [4.78, 5) is 2.80. The third-order valence-corrected chi connectivity index (χ3v) is 5.35. The highest BCUT2D eigenvalue weighted by atomic mass is 32.1. The summed E-state index contributed by atoms with van der Waals surface area (Å²) in [6.07, 6.45) is 18.3. The number of allylic oxidation sites excluding steroid dienone is 3. The SMILES string of the molecule is C#C.CC/C=C/C=C(/NCc1ccco1)c1sc(CC)c(C)c1C. The molecule has 0 aromatic carbocycles. The second-order valence-electron chi connectivity index (χ2n) is 5.31. The van der Waals surface area contributed by atoms with Crippen LogP contribution in [-0.2, 0) is 13.0 Å². The van der Waals surface area contributed by atoms with Crippen molar-refractivity contribution >= 4 is 17.0 Å². The quantitative estimate of drug-likeness (QED) is 0.503. The largest absolute Gasteiger partial charge is 0.467 e. The van der Waals surface area contributed by atoms with Gasteiger partial charge in [-0.3, -0.25) is 0 Å². The first-order chi connectivity index (χ1) is 11.7. The predicted octanol–water partition coefficient (Wildman–Crippen LogP) is 5.87. The van der Waals surface area contributed by atoms with Gasteiger partial charge in [-0.1, -0.05) is 26.0 Å². The van der Waals surface area contributed by atoms with E-state index in [9.17, 15) is 0 Å². The van der Waals surface area contributed by atoms with E-state index in [0.717, 1.165) is 18.6 Å². The molecule has 24 heavy (non-hydrogen) atoms. The first-order valence-electron chi connectivity index (χ1n) is 8.23. The van der Waals surface area contributed by atoms with Crippen LogP contribution in [0, 0.1) is 26.7 Å². The van der Waals surface area contributed by atoms with Gasteiger partial charge in [0.05, 0.1) is 23.4 Å². The van der Waals surface area contributed by atoms with Gasteiger partial charge in [-0.25, -0.2) is 0 Å². The molecule has 1 N–H and O–H groups in total. The number of terminal acetylenes is 1. The van der Waals surface area contributed by atoms with Gasteiger partial charge in [-0.15, -0.1) is 24.2 Å². The Morgan fingerprint density at radius 2 is 2.00 bits per heavy atom. The van der Waals surface area contributed by atoms with Crippen molar-refractivity contribution in [3.8, 4) is 12.8 Å². The normalized spacial score (nSPS) is 11.3. The van der Waals surface area contributed by atoms with E-state index in [2.05, 4.69) is 64.1 Å². The molecule has 2 rings (SSSR count). The molecule has 0 saturated carbocycles. The maximum atomic E-state index is 5.42. The summed E-state index contributed by atoms with van der Waals surface area (Å²) in [7, 11) is 0. The molecule has 0 aliphatic rings. The summed E-state index contributed by atoms with van der Waals surface area (Å²) in [6.45, 7) is 9.51. The molecule has 0 saturated heterocycles. The Labute approximate surface area is 150 Å². The molecular weight excluding hydrogens is 314 g/mol. The van der Waals surface area contributed by atoms with Gasteiger partial charge in [-0.05, 0) is 56.0 Å². The molecule has 2 aromatic rings. The second-order valence-corrected chi connectivity index (χ2v) is 6.41. The van der Waals surface area contributed by atoms with Crippen molar-refractivity contribution in [3.63, 3.8) is 0 Å². The molecular formula is C21H27NOS. The molecule has 2 aromatic heterocycles. The first kappa shape index (κ1) is 19.9. The maximum absolute atomic E-state index is 5.42. The van der Waals surface area contributed by atoms with E-state index in [1.54, 1.807) is 6.26 Å². The Morgan fingerprint density at radius 3 is 2.54 bits per heavy atom. The highest BCUT2D eigenvalue weighted by Gasteiger charge is 2.13. The van der Waals surface area contributed by atoms with Crippen molar-refractivity contribution < 1.29 is 4.42 Å². The van der Waals surface area contributed by atoms with Gasteiger partial charge in [0.25, 0.3) is 0 Å². The molecule has 0 bridgehead atoms. The lowest BCUT2D eigenvalue weighted by Gasteiger charge is -2.09. The van der Waals surface area contributed by atoms with Crippen LogP contribution in [0.5, 0.6) is 0 Å². The van der Waals surface area contributed by atoms with E-state index < -0.39 is 0 Å². The Hall–Kier alpha value is -2.18. The summed E-state index contributed by atoms with van der Waals surface area (Å²) >= 11 is 1.89. The van der Waals surface area contributed by atoms with Crippen LogP contribution in [0.3, 0.4) is 0 Å². The summed E-state index contributed by atoms with van der Waals surface area (Å²) in [6, 6.07) is 3.92. The monoisotopic (exact) mass is 341 g/mol. The molecule has 2 heterocycles. The Bertz CT molecular complexity index is 687. The molecule has 0 unspecified atom stereocenters. The van der Waals surface area contributed by atoms with Crippen molar-refractivity contribution in [2.45, 2.75) is 47.1 Å². The van der Waals surface area contributed by atoms with Gasteiger partial charge in [0.15, 0.2) is 0 Å². The molecule has 0 amide bonds. The zero-order valence-electron chi connectivity index (χ0n) is 15.1. The topological polar surface area (TPSA) is 25.2 Å². The average Bonchev–Trinajstić information content (AvgIpc) is 3.22. The van der Waals surface area contributed by atoms with Crippen LogP contribution in [0.25, 0.3) is 5.70 Å². The van der Waals surface area contributed by atoms with Crippen molar-refractivity contribution in [2.24, 2.45) is 0 Å². The number of furan rings is 1. The van der Waals surface area contributed by atoms with Crippen molar-refractivity contribution in [3.05, 3.63) is 63.3 Å². The lowest BCUT2D eigenvalue weighted by atomic mass is 10.1. The molecule has 0 aliphatic heterocycles. The Morgan fingerprint density at radius 1 is 1.25 bits per heavy atom. The van der Waals surface area contributed by atoms with Crippen LogP contribution >= 0.6 is 11.3 Å². The fraction of sp³-hybridized carbons (Fsp3) is 0.333. The maximum Gasteiger partial charge on any atom is 0.122 e. The zero-order valence-corrected chi connectivity index (χ0v) is 15.9. The summed E-state index contributed by atoms with van der Waals surface area (Å²) in [5.74, 6) is 0.951. The van der Waals surface area contributed by atoms with Gasteiger partial charge < -0.3 is 9.73 Å². The minimum Gasteiger partial charge on any atom is -0.467 e. The van der Waals surface area contributed by atoms with E-state index in [0.29, 0.717) is 6.54 Å². The van der Waals surface area contributed by atoms with Gasteiger partial charge in [0, 0.05) is 4.88 Å². The number of hydrogen-bond acceptors (Lipinski definition) is 3. The molecule has 3 heteroatoms. The lowest BCUT2D eigenvalue weighted by Crippen LogP contribution is -2.11. The van der Waals surface area contributed by atoms with E-state index in [1.807, 2.05) is 23.5 Å².